The molecule has 1 aromatic rings. The zero-order valence-corrected chi connectivity index (χ0v) is 12.6. The number of rotatable bonds is 6. The Morgan fingerprint density at radius 3 is 2.75 bits per heavy atom. The summed E-state index contributed by atoms with van der Waals surface area (Å²) < 4.78 is 1.76. The van der Waals surface area contributed by atoms with E-state index in [9.17, 15) is 4.79 Å². The fourth-order valence-corrected chi connectivity index (χ4v) is 2.96. The molecule has 2 rings (SSSR count). The number of nitrogens with two attached hydrogens (primary N) is 1. The van der Waals surface area contributed by atoms with Crippen LogP contribution in [0.2, 0.25) is 0 Å². The molecule has 20 heavy (non-hydrogen) atoms. The van der Waals surface area contributed by atoms with Gasteiger partial charge in [-0.3, -0.25) is 4.79 Å². The van der Waals surface area contributed by atoms with Crippen LogP contribution in [-0.4, -0.2) is 28.7 Å². The topological polar surface area (TPSA) is 64.2 Å². The summed E-state index contributed by atoms with van der Waals surface area (Å²) >= 11 is 0. The Bertz CT molecular complexity index is 477. The minimum atomic E-state index is 0.0198. The summed E-state index contributed by atoms with van der Waals surface area (Å²) in [5, 5.41) is 0. The normalized spacial score (nSPS) is 16.0. The number of nitrogens with zero attached hydrogens (tertiary/aromatic N) is 3. The van der Waals surface area contributed by atoms with Crippen molar-refractivity contribution in [1.82, 2.24) is 9.55 Å². The molecule has 1 fully saturated rings. The highest BCUT2D eigenvalue weighted by Crippen LogP contribution is 2.25. The molecular formula is C15H26N4O. The minimum Gasteiger partial charge on any atom is -0.349 e. The quantitative estimate of drug-likeness (QED) is 0.863. The van der Waals surface area contributed by atoms with E-state index in [1.165, 1.54) is 12.8 Å². The van der Waals surface area contributed by atoms with Gasteiger partial charge in [-0.15, -0.1) is 0 Å². The Hall–Kier alpha value is -1.36. The van der Waals surface area contributed by atoms with Crippen molar-refractivity contribution in [2.45, 2.75) is 58.0 Å². The summed E-state index contributed by atoms with van der Waals surface area (Å²) in [7, 11) is 0. The smallest absolute Gasteiger partial charge is 0.293 e. The first-order valence-corrected chi connectivity index (χ1v) is 7.69. The summed E-state index contributed by atoms with van der Waals surface area (Å²) in [5.74, 6) is 0.599. The highest BCUT2D eigenvalue weighted by atomic mass is 16.1. The van der Waals surface area contributed by atoms with E-state index in [1.54, 1.807) is 17.0 Å². The van der Waals surface area contributed by atoms with Crippen LogP contribution in [0.25, 0.3) is 0 Å². The molecule has 1 aromatic heterocycles. The molecule has 0 spiro atoms. The van der Waals surface area contributed by atoms with Gasteiger partial charge in [-0.25, -0.2) is 4.98 Å². The van der Waals surface area contributed by atoms with Crippen LogP contribution in [0, 0.1) is 0 Å². The van der Waals surface area contributed by atoms with E-state index in [0.717, 1.165) is 25.8 Å². The van der Waals surface area contributed by atoms with Crippen LogP contribution in [0.15, 0.2) is 17.2 Å². The zero-order valence-electron chi connectivity index (χ0n) is 12.6. The third kappa shape index (κ3) is 3.20. The van der Waals surface area contributed by atoms with E-state index in [4.69, 9.17) is 5.73 Å². The van der Waals surface area contributed by atoms with Gasteiger partial charge in [0.15, 0.2) is 5.82 Å². The molecule has 0 aromatic carbocycles. The molecule has 1 heterocycles. The lowest BCUT2D eigenvalue weighted by Gasteiger charge is -2.30. The first-order valence-electron chi connectivity index (χ1n) is 7.69. The third-order valence-electron chi connectivity index (χ3n) is 4.05. The summed E-state index contributed by atoms with van der Waals surface area (Å²) in [5.41, 5.74) is 5.66. The monoisotopic (exact) mass is 278 g/mol. The average molecular weight is 278 g/mol. The molecule has 112 valence electrons. The Morgan fingerprint density at radius 1 is 1.45 bits per heavy atom. The molecule has 0 atom stereocenters. The summed E-state index contributed by atoms with van der Waals surface area (Å²) in [6, 6.07) is 0.606. The third-order valence-corrected chi connectivity index (χ3v) is 4.05. The van der Waals surface area contributed by atoms with E-state index in [1.807, 2.05) is 13.8 Å². The minimum absolute atomic E-state index is 0.0198. The Morgan fingerprint density at radius 2 is 2.15 bits per heavy atom. The fraction of sp³-hybridized carbons (Fsp3) is 0.733. The molecule has 2 N–H and O–H groups in total. The fourth-order valence-electron chi connectivity index (χ4n) is 2.96. The lowest BCUT2D eigenvalue weighted by molar-refractivity contribution is 0.550. The lowest BCUT2D eigenvalue weighted by atomic mass is 10.2. The first-order chi connectivity index (χ1) is 9.65. The molecular weight excluding hydrogens is 252 g/mol. The van der Waals surface area contributed by atoms with Gasteiger partial charge in [0.05, 0.1) is 0 Å². The molecule has 1 aliphatic rings. The largest absolute Gasteiger partial charge is 0.349 e. The van der Waals surface area contributed by atoms with Crippen LogP contribution in [0.4, 0.5) is 5.82 Å². The van der Waals surface area contributed by atoms with Crippen molar-refractivity contribution in [2.24, 2.45) is 5.73 Å². The highest BCUT2D eigenvalue weighted by molar-refractivity contribution is 5.37. The predicted molar refractivity (Wildman–Crippen MR) is 82.2 cm³/mol. The second-order valence-corrected chi connectivity index (χ2v) is 5.83. The molecule has 0 aliphatic heterocycles. The molecule has 0 saturated heterocycles. The van der Waals surface area contributed by atoms with Crippen molar-refractivity contribution in [1.29, 1.82) is 0 Å². The maximum Gasteiger partial charge on any atom is 0.293 e. The second-order valence-electron chi connectivity index (χ2n) is 5.83. The maximum absolute atomic E-state index is 12.6. The number of aromatic nitrogens is 2. The second kappa shape index (κ2) is 6.88. The molecule has 0 amide bonds. The number of anilines is 1. The van der Waals surface area contributed by atoms with Gasteiger partial charge in [-0.1, -0.05) is 12.8 Å². The molecule has 1 aliphatic carbocycles. The Labute approximate surface area is 120 Å². The Kier molecular flexibility index (Phi) is 5.17. The summed E-state index contributed by atoms with van der Waals surface area (Å²) in [6.45, 7) is 5.51. The summed E-state index contributed by atoms with van der Waals surface area (Å²) in [6.07, 6.45) is 9.20. The number of hydrogen-bond acceptors (Lipinski definition) is 4. The van der Waals surface area contributed by atoms with Crippen LogP contribution in [0.5, 0.6) is 0 Å². The summed E-state index contributed by atoms with van der Waals surface area (Å²) in [4.78, 5) is 19.2. The molecule has 0 unspecified atom stereocenters. The van der Waals surface area contributed by atoms with Gasteiger partial charge >= 0.3 is 0 Å². The SMILES string of the molecule is CC(C)n1ccnc(N(CCCN)C2CCCC2)c1=O. The van der Waals surface area contributed by atoms with E-state index >= 15 is 0 Å². The number of hydrogen-bond donors (Lipinski definition) is 1. The van der Waals surface area contributed by atoms with Crippen LogP contribution < -0.4 is 16.2 Å². The van der Waals surface area contributed by atoms with Crippen molar-refractivity contribution in [2.75, 3.05) is 18.0 Å². The molecule has 5 nitrogen and oxygen atoms in total. The molecule has 5 heteroatoms. The molecule has 1 saturated carbocycles. The zero-order chi connectivity index (χ0) is 14.5. The van der Waals surface area contributed by atoms with Crippen LogP contribution in [-0.2, 0) is 0 Å². The van der Waals surface area contributed by atoms with E-state index in [0.29, 0.717) is 18.4 Å². The van der Waals surface area contributed by atoms with Crippen molar-refractivity contribution >= 4 is 5.82 Å². The lowest BCUT2D eigenvalue weighted by Crippen LogP contribution is -2.41. The van der Waals surface area contributed by atoms with Gasteiger partial charge in [0, 0.05) is 31.0 Å². The van der Waals surface area contributed by atoms with Gasteiger partial charge in [-0.05, 0) is 39.7 Å². The molecule has 0 bridgehead atoms. The van der Waals surface area contributed by atoms with Crippen molar-refractivity contribution in [3.05, 3.63) is 22.7 Å². The van der Waals surface area contributed by atoms with E-state index < -0.39 is 0 Å². The van der Waals surface area contributed by atoms with Crippen molar-refractivity contribution in [3.63, 3.8) is 0 Å². The standard InChI is InChI=1S/C15H26N4O/c1-12(2)18-11-9-17-14(15(18)20)19(10-5-8-16)13-6-3-4-7-13/h9,11-13H,3-8,10,16H2,1-2H3. The maximum atomic E-state index is 12.6. The van der Waals surface area contributed by atoms with Crippen molar-refractivity contribution < 1.29 is 0 Å². The predicted octanol–water partition coefficient (Wildman–Crippen LogP) is 1.92. The average Bonchev–Trinajstić information content (AvgIpc) is 2.94. The van der Waals surface area contributed by atoms with Crippen molar-refractivity contribution in [3.8, 4) is 0 Å². The van der Waals surface area contributed by atoms with Gasteiger partial charge in [0.25, 0.3) is 5.56 Å². The highest BCUT2D eigenvalue weighted by Gasteiger charge is 2.25. The van der Waals surface area contributed by atoms with Gasteiger partial charge < -0.3 is 15.2 Å². The van der Waals surface area contributed by atoms with Crippen LogP contribution in [0.3, 0.4) is 0 Å². The van der Waals surface area contributed by atoms with E-state index in [-0.39, 0.29) is 11.6 Å². The first kappa shape index (κ1) is 15.0. The van der Waals surface area contributed by atoms with Gasteiger partial charge in [-0.2, -0.15) is 0 Å². The van der Waals surface area contributed by atoms with Crippen LogP contribution in [0.1, 0.15) is 52.0 Å². The van der Waals surface area contributed by atoms with Gasteiger partial charge in [0.2, 0.25) is 0 Å². The van der Waals surface area contributed by atoms with Crippen LogP contribution >= 0.6 is 0 Å². The Balaban J connectivity index is 2.32. The molecule has 0 radical (unpaired) electrons. The van der Waals surface area contributed by atoms with Gasteiger partial charge in [0.1, 0.15) is 0 Å². The van der Waals surface area contributed by atoms with E-state index in [2.05, 4.69) is 9.88 Å².